The number of likely N-dealkylation sites (N-methyl/N-ethyl adjacent to an activating group) is 1. The predicted octanol–water partition coefficient (Wildman–Crippen LogP) is 1.95. The maximum Gasteiger partial charge on any atom is 0.238 e. The van der Waals surface area contributed by atoms with Crippen LogP contribution in [0.25, 0.3) is 0 Å². The van der Waals surface area contributed by atoms with Gasteiger partial charge >= 0.3 is 0 Å². The highest BCUT2D eigenvalue weighted by Crippen LogP contribution is 2.15. The van der Waals surface area contributed by atoms with Gasteiger partial charge in [0.25, 0.3) is 0 Å². The number of ether oxygens (including phenoxy) is 1. The first kappa shape index (κ1) is 17.5. The summed E-state index contributed by atoms with van der Waals surface area (Å²) >= 11 is 0. The largest absolute Gasteiger partial charge is 0.492 e. The van der Waals surface area contributed by atoms with Crippen molar-refractivity contribution in [2.75, 3.05) is 39.1 Å². The molecule has 1 aromatic rings. The van der Waals surface area contributed by atoms with Crippen LogP contribution in [0.5, 0.6) is 5.75 Å². The lowest BCUT2D eigenvalue weighted by Crippen LogP contribution is -2.33. The number of amides is 1. The molecule has 21 heavy (non-hydrogen) atoms. The van der Waals surface area contributed by atoms with Gasteiger partial charge in [-0.15, -0.1) is 0 Å². The molecule has 0 aliphatic carbocycles. The van der Waals surface area contributed by atoms with E-state index >= 15 is 0 Å². The van der Waals surface area contributed by atoms with Gasteiger partial charge in [0.05, 0.1) is 6.54 Å². The van der Waals surface area contributed by atoms with Gasteiger partial charge in [-0.2, -0.15) is 0 Å². The van der Waals surface area contributed by atoms with E-state index in [0.717, 1.165) is 24.4 Å². The summed E-state index contributed by atoms with van der Waals surface area (Å²) in [6.45, 7) is 6.01. The zero-order valence-electron chi connectivity index (χ0n) is 13.5. The van der Waals surface area contributed by atoms with Gasteiger partial charge in [-0.3, -0.25) is 4.79 Å². The number of rotatable bonds is 9. The van der Waals surface area contributed by atoms with E-state index < -0.39 is 0 Å². The second-order valence-corrected chi connectivity index (χ2v) is 5.41. The summed E-state index contributed by atoms with van der Waals surface area (Å²) in [4.78, 5) is 13.8. The molecule has 5 nitrogen and oxygen atoms in total. The van der Waals surface area contributed by atoms with Crippen molar-refractivity contribution in [3.8, 4) is 5.75 Å². The molecular weight excluding hydrogens is 266 g/mol. The molecule has 1 atom stereocenters. The lowest BCUT2D eigenvalue weighted by atomic mass is 10.2. The van der Waals surface area contributed by atoms with Gasteiger partial charge in [0.15, 0.2) is 0 Å². The van der Waals surface area contributed by atoms with Crippen LogP contribution in [-0.4, -0.2) is 50.6 Å². The Morgan fingerprint density at radius 2 is 1.95 bits per heavy atom. The highest BCUT2D eigenvalue weighted by atomic mass is 16.5. The SMILES string of the molecule is CCC(C)NCC(=O)Nc1ccc(OCCN(C)C)cc1. The molecule has 1 amide bonds. The van der Waals surface area contributed by atoms with Gasteiger partial charge < -0.3 is 20.3 Å². The van der Waals surface area contributed by atoms with Crippen LogP contribution in [0, 0.1) is 0 Å². The molecule has 1 aromatic carbocycles. The Balaban J connectivity index is 2.34. The monoisotopic (exact) mass is 293 g/mol. The maximum absolute atomic E-state index is 11.8. The minimum absolute atomic E-state index is 0.0309. The lowest BCUT2D eigenvalue weighted by molar-refractivity contribution is -0.115. The van der Waals surface area contributed by atoms with E-state index in [-0.39, 0.29) is 5.91 Å². The Hall–Kier alpha value is -1.59. The summed E-state index contributed by atoms with van der Waals surface area (Å²) in [6.07, 6.45) is 1.01. The molecule has 0 aromatic heterocycles. The Morgan fingerprint density at radius 1 is 1.29 bits per heavy atom. The van der Waals surface area contributed by atoms with Crippen LogP contribution in [-0.2, 0) is 4.79 Å². The number of hydrogen-bond donors (Lipinski definition) is 2. The van der Waals surface area contributed by atoms with Crippen molar-refractivity contribution in [3.05, 3.63) is 24.3 Å². The molecule has 0 radical (unpaired) electrons. The quantitative estimate of drug-likeness (QED) is 0.731. The fourth-order valence-electron chi connectivity index (χ4n) is 1.60. The fourth-order valence-corrected chi connectivity index (χ4v) is 1.60. The van der Waals surface area contributed by atoms with Crippen LogP contribution in [0.2, 0.25) is 0 Å². The van der Waals surface area contributed by atoms with Crippen LogP contribution in [0.1, 0.15) is 20.3 Å². The number of carbonyl (C=O) groups is 1. The molecule has 1 unspecified atom stereocenters. The van der Waals surface area contributed by atoms with Crippen molar-refractivity contribution >= 4 is 11.6 Å². The van der Waals surface area contributed by atoms with Crippen molar-refractivity contribution in [1.82, 2.24) is 10.2 Å². The molecule has 0 saturated heterocycles. The van der Waals surface area contributed by atoms with E-state index in [1.54, 1.807) is 0 Å². The van der Waals surface area contributed by atoms with Crippen molar-refractivity contribution in [2.24, 2.45) is 0 Å². The first-order valence-electron chi connectivity index (χ1n) is 7.42. The third-order valence-corrected chi connectivity index (χ3v) is 3.17. The van der Waals surface area contributed by atoms with Crippen LogP contribution in [0.3, 0.4) is 0 Å². The van der Waals surface area contributed by atoms with Gasteiger partial charge in [-0.1, -0.05) is 6.92 Å². The third-order valence-electron chi connectivity index (χ3n) is 3.17. The minimum atomic E-state index is -0.0309. The third kappa shape index (κ3) is 7.68. The maximum atomic E-state index is 11.8. The number of nitrogens with zero attached hydrogens (tertiary/aromatic N) is 1. The number of nitrogens with one attached hydrogen (secondary N) is 2. The Kier molecular flexibility index (Phi) is 7.79. The normalized spacial score (nSPS) is 12.2. The van der Waals surface area contributed by atoms with Gasteiger partial charge in [-0.05, 0) is 51.7 Å². The summed E-state index contributed by atoms with van der Waals surface area (Å²) in [7, 11) is 4.02. The smallest absolute Gasteiger partial charge is 0.238 e. The van der Waals surface area contributed by atoms with Gasteiger partial charge in [0.1, 0.15) is 12.4 Å². The molecule has 0 heterocycles. The van der Waals surface area contributed by atoms with Crippen LogP contribution < -0.4 is 15.4 Å². The Bertz CT molecular complexity index is 418. The zero-order valence-corrected chi connectivity index (χ0v) is 13.5. The molecule has 1 rings (SSSR count). The van der Waals surface area contributed by atoms with E-state index in [4.69, 9.17) is 4.74 Å². The highest BCUT2D eigenvalue weighted by molar-refractivity contribution is 5.92. The number of anilines is 1. The molecule has 0 aliphatic heterocycles. The first-order chi connectivity index (χ1) is 10.0. The minimum Gasteiger partial charge on any atom is -0.492 e. The van der Waals surface area contributed by atoms with E-state index in [1.165, 1.54) is 0 Å². The topological polar surface area (TPSA) is 53.6 Å². The molecule has 118 valence electrons. The molecule has 0 bridgehead atoms. The van der Waals surface area contributed by atoms with Crippen LogP contribution in [0.15, 0.2) is 24.3 Å². The highest BCUT2D eigenvalue weighted by Gasteiger charge is 2.04. The van der Waals surface area contributed by atoms with Crippen molar-refractivity contribution in [1.29, 1.82) is 0 Å². The van der Waals surface area contributed by atoms with E-state index in [1.807, 2.05) is 38.4 Å². The molecule has 0 aliphatic rings. The lowest BCUT2D eigenvalue weighted by Gasteiger charge is -2.12. The summed E-state index contributed by atoms with van der Waals surface area (Å²) < 4.78 is 5.60. The summed E-state index contributed by atoms with van der Waals surface area (Å²) in [6, 6.07) is 7.79. The molecule has 5 heteroatoms. The summed E-state index contributed by atoms with van der Waals surface area (Å²) in [5.41, 5.74) is 0.783. The molecular formula is C16H27N3O2. The Morgan fingerprint density at radius 3 is 2.52 bits per heavy atom. The van der Waals surface area contributed by atoms with Crippen molar-refractivity contribution < 1.29 is 9.53 Å². The van der Waals surface area contributed by atoms with E-state index in [2.05, 4.69) is 29.4 Å². The van der Waals surface area contributed by atoms with Gasteiger partial charge in [-0.25, -0.2) is 0 Å². The zero-order chi connectivity index (χ0) is 15.7. The average Bonchev–Trinajstić information content (AvgIpc) is 2.46. The number of hydrogen-bond acceptors (Lipinski definition) is 4. The van der Waals surface area contributed by atoms with E-state index in [9.17, 15) is 4.79 Å². The average molecular weight is 293 g/mol. The predicted molar refractivity (Wildman–Crippen MR) is 86.9 cm³/mol. The van der Waals surface area contributed by atoms with E-state index in [0.29, 0.717) is 19.2 Å². The van der Waals surface area contributed by atoms with Crippen molar-refractivity contribution in [2.45, 2.75) is 26.3 Å². The number of benzene rings is 1. The number of carbonyl (C=O) groups excluding carboxylic acids is 1. The Labute approximate surface area is 127 Å². The molecule has 0 fully saturated rings. The second-order valence-electron chi connectivity index (χ2n) is 5.41. The molecule has 0 spiro atoms. The second kappa shape index (κ2) is 9.37. The van der Waals surface area contributed by atoms with Crippen LogP contribution >= 0.6 is 0 Å². The summed E-state index contributed by atoms with van der Waals surface area (Å²) in [5, 5.41) is 6.02. The van der Waals surface area contributed by atoms with Crippen LogP contribution in [0.4, 0.5) is 5.69 Å². The molecule has 2 N–H and O–H groups in total. The van der Waals surface area contributed by atoms with Gasteiger partial charge in [0.2, 0.25) is 5.91 Å². The van der Waals surface area contributed by atoms with Crippen molar-refractivity contribution in [3.63, 3.8) is 0 Å². The molecule has 0 saturated carbocycles. The fraction of sp³-hybridized carbons (Fsp3) is 0.562. The van der Waals surface area contributed by atoms with Gasteiger partial charge in [0, 0.05) is 18.3 Å². The first-order valence-corrected chi connectivity index (χ1v) is 7.42. The summed E-state index contributed by atoms with van der Waals surface area (Å²) in [5.74, 6) is 0.782. The standard InChI is InChI=1S/C16H27N3O2/c1-5-13(2)17-12-16(20)18-14-6-8-15(9-7-14)21-11-10-19(3)4/h6-9,13,17H,5,10-12H2,1-4H3,(H,18,20).